The molecule has 1 fully saturated rings. The summed E-state index contributed by atoms with van der Waals surface area (Å²) >= 11 is 0. The van der Waals surface area contributed by atoms with Gasteiger partial charge < -0.3 is 9.64 Å². The van der Waals surface area contributed by atoms with E-state index in [1.807, 2.05) is 30.3 Å². The van der Waals surface area contributed by atoms with E-state index in [1.54, 1.807) is 0 Å². The number of benzene rings is 2. The monoisotopic (exact) mass is 336 g/mol. The highest BCUT2D eigenvalue weighted by atomic mass is 16.5. The molecule has 0 unspecified atom stereocenters. The normalized spacial score (nSPS) is 21.0. The third-order valence-corrected chi connectivity index (χ3v) is 5.21. The Morgan fingerprint density at radius 2 is 1.64 bits per heavy atom. The lowest BCUT2D eigenvalue weighted by Crippen LogP contribution is -2.52. The smallest absolute Gasteiger partial charge is 0.254 e. The fourth-order valence-electron chi connectivity index (χ4n) is 3.82. The number of carbonyl (C=O) groups excluding carboxylic acids is 1. The Balaban J connectivity index is 1.59. The molecule has 0 N–H and O–H groups in total. The number of ether oxygens (including phenoxy) is 1. The zero-order valence-corrected chi connectivity index (χ0v) is 14.4. The zero-order chi connectivity index (χ0) is 17.1. The summed E-state index contributed by atoms with van der Waals surface area (Å²) < 4.78 is 5.47. The van der Waals surface area contributed by atoms with Crippen LogP contribution >= 0.6 is 0 Å². The maximum absolute atomic E-state index is 13.1. The Morgan fingerprint density at radius 3 is 2.40 bits per heavy atom. The van der Waals surface area contributed by atoms with Crippen molar-refractivity contribution in [1.29, 1.82) is 0 Å². The molecular weight excluding hydrogens is 312 g/mol. The molecule has 0 radical (unpaired) electrons. The summed E-state index contributed by atoms with van der Waals surface area (Å²) in [6.07, 6.45) is 0.923. The molecule has 2 aromatic rings. The van der Waals surface area contributed by atoms with E-state index in [-0.39, 0.29) is 11.9 Å². The minimum absolute atomic E-state index is 0.133. The van der Waals surface area contributed by atoms with Crippen LogP contribution in [0.2, 0.25) is 0 Å². The molecule has 0 spiro atoms. The van der Waals surface area contributed by atoms with Crippen LogP contribution in [-0.4, -0.2) is 54.6 Å². The van der Waals surface area contributed by atoms with Crippen molar-refractivity contribution in [2.24, 2.45) is 0 Å². The number of rotatable bonds is 3. The van der Waals surface area contributed by atoms with Crippen molar-refractivity contribution < 1.29 is 9.53 Å². The molecule has 2 aliphatic heterocycles. The molecule has 0 saturated carbocycles. The summed E-state index contributed by atoms with van der Waals surface area (Å²) in [4.78, 5) is 17.6. The van der Waals surface area contributed by atoms with E-state index in [1.165, 1.54) is 11.1 Å². The molecule has 0 aliphatic carbocycles. The molecule has 2 aromatic carbocycles. The van der Waals surface area contributed by atoms with Crippen LogP contribution in [0.3, 0.4) is 0 Å². The number of hydrogen-bond acceptors (Lipinski definition) is 3. The molecule has 1 saturated heterocycles. The van der Waals surface area contributed by atoms with E-state index in [9.17, 15) is 4.79 Å². The van der Waals surface area contributed by atoms with Crippen molar-refractivity contribution in [3.63, 3.8) is 0 Å². The van der Waals surface area contributed by atoms with E-state index in [2.05, 4.69) is 34.1 Å². The lowest BCUT2D eigenvalue weighted by molar-refractivity contribution is 0.0193. The van der Waals surface area contributed by atoms with Crippen LogP contribution in [0.4, 0.5) is 0 Å². The van der Waals surface area contributed by atoms with Crippen molar-refractivity contribution in [2.75, 3.05) is 32.8 Å². The first-order valence-corrected chi connectivity index (χ1v) is 9.04. The Morgan fingerprint density at radius 1 is 0.960 bits per heavy atom. The molecule has 1 atom stereocenters. The summed E-state index contributed by atoms with van der Waals surface area (Å²) in [7, 11) is 0. The Kier molecular flexibility index (Phi) is 4.81. The van der Waals surface area contributed by atoms with Crippen LogP contribution in [-0.2, 0) is 17.7 Å². The van der Waals surface area contributed by atoms with Gasteiger partial charge in [0.25, 0.3) is 5.91 Å². The first-order chi connectivity index (χ1) is 12.3. The van der Waals surface area contributed by atoms with Gasteiger partial charge in [0.15, 0.2) is 0 Å². The van der Waals surface area contributed by atoms with Gasteiger partial charge in [-0.2, -0.15) is 0 Å². The van der Waals surface area contributed by atoms with E-state index in [0.29, 0.717) is 6.54 Å². The third kappa shape index (κ3) is 3.60. The average molecular weight is 336 g/mol. The summed E-state index contributed by atoms with van der Waals surface area (Å²) in [5.74, 6) is 0.133. The van der Waals surface area contributed by atoms with Crippen LogP contribution < -0.4 is 0 Å². The van der Waals surface area contributed by atoms with Gasteiger partial charge in [0, 0.05) is 37.8 Å². The van der Waals surface area contributed by atoms with E-state index in [0.717, 1.165) is 44.8 Å². The van der Waals surface area contributed by atoms with Gasteiger partial charge in [-0.15, -0.1) is 0 Å². The van der Waals surface area contributed by atoms with Crippen molar-refractivity contribution in [3.8, 4) is 0 Å². The van der Waals surface area contributed by atoms with Crippen LogP contribution in [0.25, 0.3) is 0 Å². The summed E-state index contributed by atoms with van der Waals surface area (Å²) in [6, 6.07) is 18.4. The van der Waals surface area contributed by atoms with Gasteiger partial charge in [-0.25, -0.2) is 0 Å². The zero-order valence-electron chi connectivity index (χ0n) is 14.4. The van der Waals surface area contributed by atoms with Crippen molar-refractivity contribution >= 4 is 5.91 Å². The van der Waals surface area contributed by atoms with E-state index in [4.69, 9.17) is 4.74 Å². The lowest BCUT2D eigenvalue weighted by Gasteiger charge is -2.40. The maximum Gasteiger partial charge on any atom is 0.254 e. The molecule has 25 heavy (non-hydrogen) atoms. The van der Waals surface area contributed by atoms with E-state index < -0.39 is 0 Å². The summed E-state index contributed by atoms with van der Waals surface area (Å²) in [6.45, 7) is 5.08. The fourth-order valence-corrected chi connectivity index (χ4v) is 3.82. The van der Waals surface area contributed by atoms with Gasteiger partial charge in [0.2, 0.25) is 0 Å². The Hall–Kier alpha value is -2.17. The second-order valence-electron chi connectivity index (χ2n) is 6.84. The van der Waals surface area contributed by atoms with Crippen LogP contribution in [0.15, 0.2) is 54.6 Å². The molecule has 2 heterocycles. The van der Waals surface area contributed by atoms with Gasteiger partial charge in [0.1, 0.15) is 0 Å². The average Bonchev–Trinajstić information content (AvgIpc) is 2.68. The number of amides is 1. The number of fused-ring (bicyclic) bond motifs is 1. The first-order valence-electron chi connectivity index (χ1n) is 9.04. The quantitative estimate of drug-likeness (QED) is 0.864. The number of carbonyl (C=O) groups is 1. The SMILES string of the molecule is O=C(c1ccccc1)N1Cc2ccccc2C[C@H]1CN1CCOCC1. The molecule has 1 amide bonds. The van der Waals surface area contributed by atoms with Crippen LogP contribution in [0.5, 0.6) is 0 Å². The predicted octanol–water partition coefficient (Wildman–Crippen LogP) is 2.59. The second-order valence-corrected chi connectivity index (χ2v) is 6.84. The molecule has 0 bridgehead atoms. The number of nitrogens with zero attached hydrogens (tertiary/aromatic N) is 2. The Labute approximate surface area is 149 Å². The van der Waals surface area contributed by atoms with Crippen LogP contribution in [0, 0.1) is 0 Å². The first kappa shape index (κ1) is 16.3. The lowest BCUT2D eigenvalue weighted by atomic mass is 9.93. The summed E-state index contributed by atoms with van der Waals surface area (Å²) in [5.41, 5.74) is 3.41. The molecule has 4 rings (SSSR count). The highest BCUT2D eigenvalue weighted by molar-refractivity contribution is 5.94. The molecule has 2 aliphatic rings. The highest BCUT2D eigenvalue weighted by Gasteiger charge is 2.31. The maximum atomic E-state index is 13.1. The number of hydrogen-bond donors (Lipinski definition) is 0. The molecular formula is C21H24N2O2. The standard InChI is InChI=1S/C21H24N2O2/c24-21(17-6-2-1-3-7-17)23-15-19-9-5-4-8-18(19)14-20(23)16-22-10-12-25-13-11-22/h1-9,20H,10-16H2/t20-/m0/s1. The Bertz CT molecular complexity index is 726. The minimum Gasteiger partial charge on any atom is -0.379 e. The van der Waals surface area contributed by atoms with Crippen molar-refractivity contribution in [2.45, 2.75) is 19.0 Å². The molecule has 0 aromatic heterocycles. The third-order valence-electron chi connectivity index (χ3n) is 5.21. The van der Waals surface area contributed by atoms with Crippen molar-refractivity contribution in [1.82, 2.24) is 9.80 Å². The van der Waals surface area contributed by atoms with Crippen LogP contribution in [0.1, 0.15) is 21.5 Å². The van der Waals surface area contributed by atoms with Gasteiger partial charge in [0.05, 0.1) is 13.2 Å². The van der Waals surface area contributed by atoms with Gasteiger partial charge in [-0.1, -0.05) is 42.5 Å². The highest BCUT2D eigenvalue weighted by Crippen LogP contribution is 2.25. The molecule has 4 nitrogen and oxygen atoms in total. The summed E-state index contributed by atoms with van der Waals surface area (Å²) in [5, 5.41) is 0. The second kappa shape index (κ2) is 7.38. The van der Waals surface area contributed by atoms with Gasteiger partial charge >= 0.3 is 0 Å². The molecule has 130 valence electrons. The van der Waals surface area contributed by atoms with Gasteiger partial charge in [-0.3, -0.25) is 9.69 Å². The minimum atomic E-state index is 0.133. The topological polar surface area (TPSA) is 32.8 Å². The number of morpholine rings is 1. The fraction of sp³-hybridized carbons (Fsp3) is 0.381. The largest absolute Gasteiger partial charge is 0.379 e. The van der Waals surface area contributed by atoms with Crippen molar-refractivity contribution in [3.05, 3.63) is 71.3 Å². The predicted molar refractivity (Wildman–Crippen MR) is 97.5 cm³/mol. The molecule has 4 heteroatoms. The van der Waals surface area contributed by atoms with Gasteiger partial charge in [-0.05, 0) is 29.7 Å². The van der Waals surface area contributed by atoms with E-state index >= 15 is 0 Å².